The first-order chi connectivity index (χ1) is 15.0. The lowest BCUT2D eigenvalue weighted by Crippen LogP contribution is -2.32. The number of amides is 2. The normalized spacial score (nSPS) is 10.8. The van der Waals surface area contributed by atoms with Crippen LogP contribution in [0.3, 0.4) is 0 Å². The molecule has 2 N–H and O–H groups in total. The molecular weight excluding hydrogens is 399 g/mol. The first-order valence-corrected chi connectivity index (χ1v) is 9.72. The number of rotatable bonds is 6. The zero-order chi connectivity index (χ0) is 21.8. The van der Waals surface area contributed by atoms with Crippen molar-refractivity contribution in [2.45, 2.75) is 13.8 Å². The number of nitrogens with zero attached hydrogens (tertiary/aromatic N) is 4. The number of urea groups is 1. The Balaban J connectivity index is 1.34. The van der Waals surface area contributed by atoms with Crippen molar-refractivity contribution >= 4 is 17.4 Å². The van der Waals surface area contributed by atoms with Crippen molar-refractivity contribution in [1.82, 2.24) is 25.1 Å². The summed E-state index contributed by atoms with van der Waals surface area (Å²) in [6.07, 6.45) is 0. The van der Waals surface area contributed by atoms with E-state index in [-0.39, 0.29) is 18.5 Å². The number of nitrogens with one attached hydrogen (secondary N) is 2. The van der Waals surface area contributed by atoms with Crippen LogP contribution in [0.25, 0.3) is 17.0 Å². The van der Waals surface area contributed by atoms with Crippen molar-refractivity contribution in [2.75, 3.05) is 18.5 Å². The number of hydrogen-bond donors (Lipinski definition) is 2. The first-order valence-electron chi connectivity index (χ1n) is 9.72. The Morgan fingerprint density at radius 3 is 2.52 bits per heavy atom. The van der Waals surface area contributed by atoms with Gasteiger partial charge in [0, 0.05) is 17.3 Å². The van der Waals surface area contributed by atoms with Crippen molar-refractivity contribution in [2.24, 2.45) is 0 Å². The van der Waals surface area contributed by atoms with Gasteiger partial charge >= 0.3 is 6.03 Å². The van der Waals surface area contributed by atoms with Gasteiger partial charge in [0.25, 0.3) is 0 Å². The van der Waals surface area contributed by atoms with Crippen molar-refractivity contribution in [1.29, 1.82) is 0 Å². The summed E-state index contributed by atoms with van der Waals surface area (Å²) < 4.78 is 20.4. The predicted molar refractivity (Wildman–Crippen MR) is 115 cm³/mol. The van der Waals surface area contributed by atoms with Crippen molar-refractivity contribution in [3.05, 3.63) is 71.5 Å². The summed E-state index contributed by atoms with van der Waals surface area (Å²) in [4.78, 5) is 12.1. The minimum absolute atomic E-state index is 0.229. The molecule has 4 aromatic rings. The van der Waals surface area contributed by atoms with E-state index < -0.39 is 0 Å². The van der Waals surface area contributed by atoms with Crippen LogP contribution in [0.1, 0.15) is 11.1 Å². The van der Waals surface area contributed by atoms with Crippen LogP contribution in [-0.4, -0.2) is 39.0 Å². The third-order valence-corrected chi connectivity index (χ3v) is 4.46. The summed E-state index contributed by atoms with van der Waals surface area (Å²) >= 11 is 0. The summed E-state index contributed by atoms with van der Waals surface area (Å²) in [5, 5.41) is 18.1. The molecule has 0 aliphatic rings. The number of anilines is 1. The van der Waals surface area contributed by atoms with Crippen LogP contribution >= 0.6 is 0 Å². The van der Waals surface area contributed by atoms with E-state index in [1.807, 2.05) is 32.0 Å². The number of carbonyl (C=O) groups excluding carboxylic acids is 1. The van der Waals surface area contributed by atoms with Gasteiger partial charge in [0.05, 0.1) is 6.54 Å². The van der Waals surface area contributed by atoms with Crippen LogP contribution in [0.4, 0.5) is 14.9 Å². The highest BCUT2D eigenvalue weighted by Crippen LogP contribution is 2.19. The van der Waals surface area contributed by atoms with Crippen LogP contribution in [-0.2, 0) is 0 Å². The van der Waals surface area contributed by atoms with Gasteiger partial charge in [-0.25, -0.2) is 9.18 Å². The standard InChI is InChI=1S/C22H21FN6O2/c1-14-11-15(2)13-18(12-14)25-22(30)24-9-10-31-20-8-7-19-26-27-21(29(19)28-20)16-3-5-17(23)6-4-16/h3-8,11-13H,9-10H2,1-2H3,(H2,24,25,30). The van der Waals surface area contributed by atoms with Crippen LogP contribution in [0.2, 0.25) is 0 Å². The van der Waals surface area contributed by atoms with E-state index in [2.05, 4.69) is 25.9 Å². The molecule has 31 heavy (non-hydrogen) atoms. The second-order valence-corrected chi connectivity index (χ2v) is 7.08. The number of fused-ring (bicyclic) bond motifs is 1. The van der Waals surface area contributed by atoms with Crippen LogP contribution in [0.15, 0.2) is 54.6 Å². The molecule has 0 radical (unpaired) electrons. The molecule has 0 fully saturated rings. The smallest absolute Gasteiger partial charge is 0.319 e. The molecule has 0 saturated heterocycles. The number of aromatic nitrogens is 4. The lowest BCUT2D eigenvalue weighted by atomic mass is 10.1. The summed E-state index contributed by atoms with van der Waals surface area (Å²) in [5.74, 6) is 0.502. The van der Waals surface area contributed by atoms with Gasteiger partial charge in [0.1, 0.15) is 12.4 Å². The Morgan fingerprint density at radius 1 is 1.03 bits per heavy atom. The SMILES string of the molecule is Cc1cc(C)cc(NC(=O)NCCOc2ccc3nnc(-c4ccc(F)cc4)n3n2)c1. The molecule has 0 spiro atoms. The Labute approximate surface area is 178 Å². The molecule has 0 bridgehead atoms. The highest BCUT2D eigenvalue weighted by molar-refractivity contribution is 5.89. The molecule has 0 unspecified atom stereocenters. The molecule has 2 amide bonds. The Morgan fingerprint density at radius 2 is 1.77 bits per heavy atom. The molecule has 2 aromatic carbocycles. The van der Waals surface area contributed by atoms with E-state index in [0.717, 1.165) is 16.8 Å². The van der Waals surface area contributed by atoms with E-state index in [4.69, 9.17) is 4.74 Å². The number of halogens is 1. The monoisotopic (exact) mass is 420 g/mol. The van der Waals surface area contributed by atoms with Gasteiger partial charge in [0.15, 0.2) is 11.5 Å². The van der Waals surface area contributed by atoms with Crippen molar-refractivity contribution in [3.8, 4) is 17.3 Å². The van der Waals surface area contributed by atoms with Crippen LogP contribution in [0.5, 0.6) is 5.88 Å². The Bertz CT molecular complexity index is 1200. The van der Waals surface area contributed by atoms with E-state index in [0.29, 0.717) is 29.5 Å². The fourth-order valence-corrected chi connectivity index (χ4v) is 3.17. The van der Waals surface area contributed by atoms with Crippen LogP contribution < -0.4 is 15.4 Å². The fourth-order valence-electron chi connectivity index (χ4n) is 3.17. The largest absolute Gasteiger partial charge is 0.475 e. The molecule has 0 aliphatic heterocycles. The molecule has 158 valence electrons. The first kappa shape index (κ1) is 20.3. The van der Waals surface area contributed by atoms with Gasteiger partial charge in [-0.3, -0.25) is 0 Å². The van der Waals surface area contributed by atoms with Crippen molar-refractivity contribution < 1.29 is 13.9 Å². The minimum atomic E-state index is -0.330. The quantitative estimate of drug-likeness (QED) is 0.464. The number of hydrogen-bond acceptors (Lipinski definition) is 5. The molecule has 2 aromatic heterocycles. The summed E-state index contributed by atoms with van der Waals surface area (Å²) in [6.45, 7) is 4.48. The van der Waals surface area contributed by atoms with Gasteiger partial charge < -0.3 is 15.4 Å². The average molecular weight is 420 g/mol. The Kier molecular flexibility index (Phi) is 5.74. The lowest BCUT2D eigenvalue weighted by molar-refractivity contribution is 0.246. The highest BCUT2D eigenvalue weighted by Gasteiger charge is 2.11. The maximum atomic E-state index is 13.2. The topological polar surface area (TPSA) is 93.4 Å². The Hall–Kier alpha value is -4.01. The van der Waals surface area contributed by atoms with E-state index in [1.165, 1.54) is 16.6 Å². The minimum Gasteiger partial charge on any atom is -0.475 e. The van der Waals surface area contributed by atoms with Gasteiger partial charge in [-0.05, 0) is 67.4 Å². The van der Waals surface area contributed by atoms with E-state index in [1.54, 1.807) is 24.3 Å². The maximum Gasteiger partial charge on any atom is 0.319 e. The molecule has 0 atom stereocenters. The second-order valence-electron chi connectivity index (χ2n) is 7.08. The molecule has 9 heteroatoms. The van der Waals surface area contributed by atoms with E-state index in [9.17, 15) is 9.18 Å². The maximum absolute atomic E-state index is 13.2. The third-order valence-electron chi connectivity index (χ3n) is 4.46. The molecule has 0 saturated carbocycles. The zero-order valence-corrected chi connectivity index (χ0v) is 17.1. The fraction of sp³-hybridized carbons (Fsp3) is 0.182. The van der Waals surface area contributed by atoms with Crippen molar-refractivity contribution in [3.63, 3.8) is 0 Å². The molecule has 4 rings (SSSR count). The van der Waals surface area contributed by atoms with E-state index >= 15 is 0 Å². The highest BCUT2D eigenvalue weighted by atomic mass is 19.1. The van der Waals surface area contributed by atoms with Gasteiger partial charge in [-0.15, -0.1) is 15.3 Å². The third kappa shape index (κ3) is 4.95. The molecule has 0 aliphatic carbocycles. The van der Waals surface area contributed by atoms with Gasteiger partial charge in [-0.1, -0.05) is 6.07 Å². The molecular formula is C22H21FN6O2. The summed E-state index contributed by atoms with van der Waals surface area (Å²) in [5.41, 5.74) is 4.12. The number of ether oxygens (including phenoxy) is 1. The van der Waals surface area contributed by atoms with Gasteiger partial charge in [0.2, 0.25) is 5.88 Å². The second kappa shape index (κ2) is 8.78. The molecule has 2 heterocycles. The summed E-state index contributed by atoms with van der Waals surface area (Å²) in [7, 11) is 0. The van der Waals surface area contributed by atoms with Gasteiger partial charge in [-0.2, -0.15) is 4.52 Å². The number of benzene rings is 2. The summed E-state index contributed by atoms with van der Waals surface area (Å²) in [6, 6.07) is 14.9. The number of carbonyl (C=O) groups is 1. The number of aryl methyl sites for hydroxylation is 2. The predicted octanol–water partition coefficient (Wildman–Crippen LogP) is 3.75. The molecule has 8 nitrogen and oxygen atoms in total. The average Bonchev–Trinajstić information content (AvgIpc) is 3.14. The zero-order valence-electron chi connectivity index (χ0n) is 17.1. The lowest BCUT2D eigenvalue weighted by Gasteiger charge is -2.10. The van der Waals surface area contributed by atoms with Crippen LogP contribution in [0, 0.1) is 19.7 Å².